The summed E-state index contributed by atoms with van der Waals surface area (Å²) in [6.45, 7) is -0.223. The third kappa shape index (κ3) is 6.18. The van der Waals surface area contributed by atoms with Crippen LogP contribution in [0.15, 0.2) is 72.1 Å². The van der Waals surface area contributed by atoms with Crippen molar-refractivity contribution in [2.24, 2.45) is 5.73 Å². The van der Waals surface area contributed by atoms with Crippen LogP contribution in [0.5, 0.6) is 5.75 Å². The average Bonchev–Trinajstić information content (AvgIpc) is 3.28. The molecular formula is C22H21N3O4S. The zero-order valence-electron chi connectivity index (χ0n) is 16.0. The fourth-order valence-electron chi connectivity index (χ4n) is 2.71. The lowest BCUT2D eigenvalue weighted by Crippen LogP contribution is -2.45. The predicted molar refractivity (Wildman–Crippen MR) is 115 cm³/mol. The smallest absolute Gasteiger partial charge is 0.262 e. The number of benzene rings is 2. The molecule has 0 radical (unpaired) electrons. The van der Waals surface area contributed by atoms with Gasteiger partial charge < -0.3 is 21.1 Å². The van der Waals surface area contributed by atoms with E-state index in [0.717, 1.165) is 5.56 Å². The van der Waals surface area contributed by atoms with Crippen LogP contribution in [0.2, 0.25) is 0 Å². The molecule has 30 heavy (non-hydrogen) atoms. The molecule has 0 aliphatic heterocycles. The van der Waals surface area contributed by atoms with Gasteiger partial charge >= 0.3 is 0 Å². The molecule has 3 rings (SSSR count). The first-order valence-corrected chi connectivity index (χ1v) is 10.1. The van der Waals surface area contributed by atoms with Gasteiger partial charge in [0.2, 0.25) is 5.91 Å². The van der Waals surface area contributed by atoms with Gasteiger partial charge in [-0.3, -0.25) is 14.4 Å². The molecule has 1 heterocycles. The first kappa shape index (κ1) is 21.1. The van der Waals surface area contributed by atoms with Crippen molar-refractivity contribution in [2.45, 2.75) is 12.5 Å². The Labute approximate surface area is 177 Å². The number of carbonyl (C=O) groups is 3. The minimum Gasteiger partial charge on any atom is -0.484 e. The van der Waals surface area contributed by atoms with Gasteiger partial charge in [0.05, 0.1) is 4.88 Å². The summed E-state index contributed by atoms with van der Waals surface area (Å²) in [6, 6.07) is 18.7. The second-order valence-corrected chi connectivity index (χ2v) is 7.41. The zero-order valence-corrected chi connectivity index (χ0v) is 16.9. The summed E-state index contributed by atoms with van der Waals surface area (Å²) in [6.07, 6.45) is 0.351. The summed E-state index contributed by atoms with van der Waals surface area (Å²) in [7, 11) is 0. The van der Waals surface area contributed by atoms with Crippen LogP contribution < -0.4 is 21.1 Å². The van der Waals surface area contributed by atoms with Crippen molar-refractivity contribution < 1.29 is 19.1 Å². The minimum absolute atomic E-state index is 0.223. The van der Waals surface area contributed by atoms with Gasteiger partial charge in [0, 0.05) is 12.1 Å². The molecule has 0 aliphatic rings. The maximum atomic E-state index is 12.9. The van der Waals surface area contributed by atoms with Crippen molar-refractivity contribution in [3.8, 4) is 5.75 Å². The molecule has 0 saturated heterocycles. The van der Waals surface area contributed by atoms with Gasteiger partial charge in [-0.1, -0.05) is 36.4 Å². The van der Waals surface area contributed by atoms with Crippen molar-refractivity contribution in [2.75, 3.05) is 11.9 Å². The quantitative estimate of drug-likeness (QED) is 0.491. The highest BCUT2D eigenvalue weighted by atomic mass is 32.1. The topological polar surface area (TPSA) is 111 Å². The van der Waals surface area contributed by atoms with Crippen LogP contribution in [-0.2, 0) is 16.0 Å². The van der Waals surface area contributed by atoms with E-state index in [9.17, 15) is 14.4 Å². The van der Waals surface area contributed by atoms with Crippen LogP contribution in [0.3, 0.4) is 0 Å². The van der Waals surface area contributed by atoms with Gasteiger partial charge in [-0.25, -0.2) is 0 Å². The van der Waals surface area contributed by atoms with Crippen molar-refractivity contribution in [3.05, 3.63) is 82.6 Å². The Morgan fingerprint density at radius 2 is 1.70 bits per heavy atom. The SMILES string of the molecule is NC(=O)COc1ccc(NC(=O)C(Cc2ccccc2)NC(=O)c2cccs2)cc1. The maximum Gasteiger partial charge on any atom is 0.262 e. The Hall–Kier alpha value is -3.65. The number of amides is 3. The molecule has 0 aliphatic carbocycles. The number of hydrogen-bond acceptors (Lipinski definition) is 5. The van der Waals surface area contributed by atoms with E-state index in [0.29, 0.717) is 22.7 Å². The lowest BCUT2D eigenvalue weighted by Gasteiger charge is -2.18. The van der Waals surface area contributed by atoms with Crippen LogP contribution in [0.4, 0.5) is 5.69 Å². The lowest BCUT2D eigenvalue weighted by atomic mass is 10.0. The molecular weight excluding hydrogens is 402 g/mol. The Morgan fingerprint density at radius 3 is 2.33 bits per heavy atom. The fourth-order valence-corrected chi connectivity index (χ4v) is 3.34. The van der Waals surface area contributed by atoms with Crippen molar-refractivity contribution in [3.63, 3.8) is 0 Å². The number of ether oxygens (including phenoxy) is 1. The molecule has 1 aromatic heterocycles. The highest BCUT2D eigenvalue weighted by Crippen LogP contribution is 2.17. The van der Waals surface area contributed by atoms with Crippen molar-refractivity contribution in [1.29, 1.82) is 0 Å². The molecule has 3 amide bonds. The zero-order chi connectivity index (χ0) is 21.3. The largest absolute Gasteiger partial charge is 0.484 e. The normalized spacial score (nSPS) is 11.3. The van der Waals surface area contributed by atoms with Gasteiger partial charge in [0.1, 0.15) is 11.8 Å². The summed E-state index contributed by atoms with van der Waals surface area (Å²) >= 11 is 1.31. The highest BCUT2D eigenvalue weighted by Gasteiger charge is 2.22. The highest BCUT2D eigenvalue weighted by molar-refractivity contribution is 7.12. The summed E-state index contributed by atoms with van der Waals surface area (Å²) < 4.78 is 5.20. The van der Waals surface area contributed by atoms with Crippen LogP contribution in [0.25, 0.3) is 0 Å². The number of anilines is 1. The number of carbonyl (C=O) groups excluding carboxylic acids is 3. The third-order valence-corrected chi connectivity index (χ3v) is 5.02. The average molecular weight is 423 g/mol. The third-order valence-electron chi connectivity index (χ3n) is 4.15. The number of nitrogens with one attached hydrogen (secondary N) is 2. The summed E-state index contributed by atoms with van der Waals surface area (Å²) in [4.78, 5) is 36.7. The van der Waals surface area contributed by atoms with E-state index >= 15 is 0 Å². The van der Waals surface area contributed by atoms with E-state index < -0.39 is 11.9 Å². The first-order valence-electron chi connectivity index (χ1n) is 9.21. The second kappa shape index (κ2) is 10.2. The van der Waals surface area contributed by atoms with E-state index in [1.807, 2.05) is 35.7 Å². The maximum absolute atomic E-state index is 12.9. The fraction of sp³-hybridized carbons (Fsp3) is 0.136. The standard InChI is InChI=1S/C22H21N3O4S/c23-20(26)14-29-17-10-8-16(9-11-17)24-21(27)18(13-15-5-2-1-3-6-15)25-22(28)19-7-4-12-30-19/h1-12,18H,13-14H2,(H2,23,26)(H,24,27)(H,25,28). The lowest BCUT2D eigenvalue weighted by molar-refractivity contribution is -0.120. The van der Waals surface area contributed by atoms with Crippen LogP contribution >= 0.6 is 11.3 Å². The molecule has 0 saturated carbocycles. The molecule has 0 bridgehead atoms. The predicted octanol–water partition coefficient (Wildman–Crippen LogP) is 2.59. The van der Waals surface area contributed by atoms with E-state index in [1.165, 1.54) is 11.3 Å². The van der Waals surface area contributed by atoms with Crippen LogP contribution in [0.1, 0.15) is 15.2 Å². The second-order valence-electron chi connectivity index (χ2n) is 6.46. The molecule has 3 aromatic rings. The van der Waals surface area contributed by atoms with E-state index in [4.69, 9.17) is 10.5 Å². The molecule has 8 heteroatoms. The number of rotatable bonds is 9. The molecule has 1 unspecified atom stereocenters. The van der Waals surface area contributed by atoms with Gasteiger partial charge in [0.25, 0.3) is 11.8 Å². The van der Waals surface area contributed by atoms with Crippen LogP contribution in [-0.4, -0.2) is 30.4 Å². The molecule has 1 atom stereocenters. The van der Waals surface area contributed by atoms with Crippen LogP contribution in [0, 0.1) is 0 Å². The monoisotopic (exact) mass is 423 g/mol. The van der Waals surface area contributed by atoms with Gasteiger partial charge in [0.15, 0.2) is 6.61 Å². The minimum atomic E-state index is -0.757. The number of thiophene rings is 1. The van der Waals surface area contributed by atoms with Crippen molar-refractivity contribution in [1.82, 2.24) is 5.32 Å². The van der Waals surface area contributed by atoms with Gasteiger partial charge in [-0.2, -0.15) is 0 Å². The van der Waals surface area contributed by atoms with Gasteiger partial charge in [-0.15, -0.1) is 11.3 Å². The molecule has 7 nitrogen and oxygen atoms in total. The number of primary amides is 1. The van der Waals surface area contributed by atoms with Gasteiger partial charge in [-0.05, 0) is 41.3 Å². The molecule has 154 valence electrons. The molecule has 2 aromatic carbocycles. The number of nitrogens with two attached hydrogens (primary N) is 1. The van der Waals surface area contributed by atoms with E-state index in [-0.39, 0.29) is 18.4 Å². The molecule has 0 spiro atoms. The van der Waals surface area contributed by atoms with Crippen molar-refractivity contribution >= 4 is 34.7 Å². The Morgan fingerprint density at radius 1 is 0.967 bits per heavy atom. The Kier molecular flexibility index (Phi) is 7.18. The summed E-state index contributed by atoms with van der Waals surface area (Å²) in [5.41, 5.74) is 6.52. The number of hydrogen-bond donors (Lipinski definition) is 3. The molecule has 0 fully saturated rings. The summed E-state index contributed by atoms with van der Waals surface area (Å²) in [5.74, 6) is -0.748. The van der Waals surface area contributed by atoms with E-state index in [1.54, 1.807) is 36.4 Å². The summed E-state index contributed by atoms with van der Waals surface area (Å²) in [5, 5.41) is 7.43. The first-order chi connectivity index (χ1) is 14.5. The Bertz CT molecular complexity index is 989. The van der Waals surface area contributed by atoms with E-state index in [2.05, 4.69) is 10.6 Å². The Balaban J connectivity index is 1.69. The molecule has 4 N–H and O–H groups in total.